The van der Waals surface area contributed by atoms with Gasteiger partial charge < -0.3 is 20.3 Å². The summed E-state index contributed by atoms with van der Waals surface area (Å²) >= 11 is 1.18. The van der Waals surface area contributed by atoms with Gasteiger partial charge in [-0.25, -0.2) is 9.79 Å². The monoisotopic (exact) mass is 412 g/mol. The van der Waals surface area contributed by atoms with Crippen LogP contribution in [-0.2, 0) is 9.59 Å². The Balaban J connectivity index is 1.85. The van der Waals surface area contributed by atoms with Crippen LogP contribution in [0.5, 0.6) is 11.5 Å². The molecule has 0 radical (unpaired) electrons. The van der Waals surface area contributed by atoms with E-state index < -0.39 is 12.1 Å². The molecule has 1 atom stereocenters. The zero-order valence-electron chi connectivity index (χ0n) is 15.9. The third-order valence-corrected chi connectivity index (χ3v) is 5.08. The Morgan fingerprint density at radius 3 is 2.76 bits per heavy atom. The first-order valence-electron chi connectivity index (χ1n) is 8.95. The maximum atomic E-state index is 12.4. The third-order valence-electron chi connectivity index (χ3n) is 4.17. The topological polar surface area (TPSA) is 108 Å². The summed E-state index contributed by atoms with van der Waals surface area (Å²) in [4.78, 5) is 28.5. The molecule has 8 heteroatoms. The lowest BCUT2D eigenvalue weighted by atomic mass is 10.1. The highest BCUT2D eigenvalue weighted by Crippen LogP contribution is 2.32. The van der Waals surface area contributed by atoms with Gasteiger partial charge in [0.25, 0.3) is 5.91 Å². The van der Waals surface area contributed by atoms with Crippen LogP contribution in [-0.4, -0.2) is 33.4 Å². The van der Waals surface area contributed by atoms with Crippen molar-refractivity contribution in [3.63, 3.8) is 0 Å². The lowest BCUT2D eigenvalue weighted by Gasteiger charge is -2.15. The van der Waals surface area contributed by atoms with Crippen LogP contribution < -0.4 is 10.1 Å². The van der Waals surface area contributed by atoms with Crippen molar-refractivity contribution in [2.75, 3.05) is 0 Å². The van der Waals surface area contributed by atoms with Gasteiger partial charge in [0.15, 0.2) is 11.3 Å². The molecule has 1 saturated heterocycles. The summed E-state index contributed by atoms with van der Waals surface area (Å²) < 4.78 is 5.61. The van der Waals surface area contributed by atoms with Gasteiger partial charge >= 0.3 is 5.97 Å². The fourth-order valence-electron chi connectivity index (χ4n) is 2.66. The second-order valence-electron chi connectivity index (χ2n) is 6.34. The molecule has 0 spiro atoms. The van der Waals surface area contributed by atoms with Crippen LogP contribution in [0.2, 0.25) is 0 Å². The highest BCUT2D eigenvalue weighted by molar-refractivity contribution is 8.18. The summed E-state index contributed by atoms with van der Waals surface area (Å²) in [5.41, 5.74) is 2.03. The number of hydrogen-bond donors (Lipinski definition) is 3. The summed E-state index contributed by atoms with van der Waals surface area (Å²) in [7, 11) is 0. The average Bonchev–Trinajstić information content (AvgIpc) is 3.02. The number of carboxylic acid groups (broad SMARTS) is 1. The number of carbonyl (C=O) groups excluding carboxylic acids is 1. The number of ether oxygens (including phenoxy) is 1. The number of thioether (sulfide) groups is 1. The Morgan fingerprint density at radius 1 is 1.31 bits per heavy atom. The Hall–Kier alpha value is -3.26. The molecule has 3 rings (SSSR count). The number of aromatic hydroxyl groups is 1. The van der Waals surface area contributed by atoms with E-state index in [0.29, 0.717) is 33.5 Å². The van der Waals surface area contributed by atoms with Crippen LogP contribution in [0.15, 0.2) is 52.4 Å². The standard InChI is InChI=1S/C21H20N2O5S/c1-3-16(20(26)27)28-17-7-5-4-6-13(17)11-18-19(25)23-21(29-18)22-15-9-8-14(24)10-12(15)2/h4-11,16,24H,3H2,1-2H3,(H,26,27)(H,22,23,25)/b18-11+. The second kappa shape index (κ2) is 8.83. The number of carbonyl (C=O) groups is 2. The lowest BCUT2D eigenvalue weighted by Crippen LogP contribution is -2.26. The number of para-hydroxylation sites is 1. The first kappa shape index (κ1) is 20.5. The number of aliphatic imine (C=N–C) groups is 1. The number of rotatable bonds is 6. The largest absolute Gasteiger partial charge is 0.508 e. The van der Waals surface area contributed by atoms with E-state index in [9.17, 15) is 19.8 Å². The number of benzene rings is 2. The van der Waals surface area contributed by atoms with Crippen molar-refractivity contribution < 1.29 is 24.5 Å². The molecule has 1 amide bonds. The highest BCUT2D eigenvalue weighted by Gasteiger charge is 2.25. The fourth-order valence-corrected chi connectivity index (χ4v) is 3.49. The van der Waals surface area contributed by atoms with Gasteiger partial charge in [0, 0.05) is 5.56 Å². The third kappa shape index (κ3) is 4.97. The molecule has 0 bridgehead atoms. The molecule has 1 fully saturated rings. The average molecular weight is 412 g/mol. The van der Waals surface area contributed by atoms with E-state index in [-0.39, 0.29) is 11.7 Å². The molecular formula is C21H20N2O5S. The van der Waals surface area contributed by atoms with Gasteiger partial charge in [-0.3, -0.25) is 4.79 Å². The number of aryl methyl sites for hydroxylation is 1. The molecule has 29 heavy (non-hydrogen) atoms. The van der Waals surface area contributed by atoms with Gasteiger partial charge in [-0.1, -0.05) is 25.1 Å². The number of amides is 1. The van der Waals surface area contributed by atoms with E-state index in [1.807, 2.05) is 6.92 Å². The summed E-state index contributed by atoms with van der Waals surface area (Å²) in [5.74, 6) is -0.798. The predicted molar refractivity (Wildman–Crippen MR) is 112 cm³/mol. The minimum Gasteiger partial charge on any atom is -0.508 e. The van der Waals surface area contributed by atoms with Gasteiger partial charge in [0.05, 0.1) is 10.6 Å². The number of aliphatic carboxylic acids is 1. The molecule has 1 aliphatic rings. The lowest BCUT2D eigenvalue weighted by molar-refractivity contribution is -0.145. The second-order valence-corrected chi connectivity index (χ2v) is 7.37. The van der Waals surface area contributed by atoms with Crippen LogP contribution in [0.4, 0.5) is 5.69 Å². The maximum Gasteiger partial charge on any atom is 0.344 e. The molecular weight excluding hydrogens is 392 g/mol. The zero-order chi connectivity index (χ0) is 21.0. The molecule has 1 unspecified atom stereocenters. The number of phenolic OH excluding ortho intramolecular Hbond substituents is 1. The fraction of sp³-hybridized carbons (Fsp3) is 0.190. The van der Waals surface area contributed by atoms with Crippen molar-refractivity contribution >= 4 is 40.6 Å². The summed E-state index contributed by atoms with van der Waals surface area (Å²) in [6, 6.07) is 11.8. The Bertz CT molecular complexity index is 1020. The van der Waals surface area contributed by atoms with Crippen LogP contribution in [0.3, 0.4) is 0 Å². The Morgan fingerprint density at radius 2 is 2.07 bits per heavy atom. The SMILES string of the molecule is CCC(Oc1ccccc1/C=C1/SC(=Nc2ccc(O)cc2C)NC1=O)C(=O)O. The summed E-state index contributed by atoms with van der Waals surface area (Å²) in [6.07, 6.45) is 1.00. The number of hydrogen-bond acceptors (Lipinski definition) is 6. The van der Waals surface area contributed by atoms with Crippen molar-refractivity contribution in [2.45, 2.75) is 26.4 Å². The maximum absolute atomic E-state index is 12.4. The number of amidine groups is 1. The van der Waals surface area contributed by atoms with Gasteiger partial charge in [0.2, 0.25) is 0 Å². The number of nitrogens with zero attached hydrogens (tertiary/aromatic N) is 1. The molecule has 1 heterocycles. The Labute approximate surface area is 172 Å². The zero-order valence-corrected chi connectivity index (χ0v) is 16.7. The van der Waals surface area contributed by atoms with Gasteiger partial charge in [-0.15, -0.1) is 0 Å². The molecule has 0 aliphatic carbocycles. The molecule has 2 aromatic carbocycles. The van der Waals surface area contributed by atoms with E-state index >= 15 is 0 Å². The molecule has 0 aromatic heterocycles. The van der Waals surface area contributed by atoms with Crippen molar-refractivity contribution in [2.24, 2.45) is 4.99 Å². The molecule has 7 nitrogen and oxygen atoms in total. The van der Waals surface area contributed by atoms with Crippen molar-refractivity contribution in [1.29, 1.82) is 0 Å². The molecule has 2 aromatic rings. The summed E-state index contributed by atoms with van der Waals surface area (Å²) in [5, 5.41) is 21.9. The van der Waals surface area contributed by atoms with E-state index in [1.54, 1.807) is 49.4 Å². The first-order valence-corrected chi connectivity index (χ1v) is 9.76. The molecule has 0 saturated carbocycles. The van der Waals surface area contributed by atoms with Gasteiger partial charge in [-0.2, -0.15) is 0 Å². The van der Waals surface area contributed by atoms with Crippen molar-refractivity contribution in [1.82, 2.24) is 5.32 Å². The normalized spacial score (nSPS) is 17.4. The van der Waals surface area contributed by atoms with Gasteiger partial charge in [-0.05, 0) is 61.0 Å². The molecule has 1 aliphatic heterocycles. The van der Waals surface area contributed by atoms with Gasteiger partial charge in [0.1, 0.15) is 11.5 Å². The van der Waals surface area contributed by atoms with Crippen molar-refractivity contribution in [3.8, 4) is 11.5 Å². The summed E-state index contributed by atoms with van der Waals surface area (Å²) in [6.45, 7) is 3.55. The van der Waals surface area contributed by atoms with E-state index in [0.717, 1.165) is 5.56 Å². The molecule has 3 N–H and O–H groups in total. The first-order chi connectivity index (χ1) is 13.9. The number of phenols is 1. The smallest absolute Gasteiger partial charge is 0.344 e. The number of carboxylic acids is 1. The minimum atomic E-state index is -1.04. The van der Waals surface area contributed by atoms with Crippen LogP contribution in [0.25, 0.3) is 6.08 Å². The van der Waals surface area contributed by atoms with Crippen LogP contribution in [0, 0.1) is 6.92 Å². The highest BCUT2D eigenvalue weighted by atomic mass is 32.2. The molecule has 150 valence electrons. The Kier molecular flexibility index (Phi) is 6.23. The van der Waals surface area contributed by atoms with E-state index in [2.05, 4.69) is 10.3 Å². The quantitative estimate of drug-likeness (QED) is 0.622. The van der Waals surface area contributed by atoms with E-state index in [1.165, 1.54) is 17.8 Å². The predicted octanol–water partition coefficient (Wildman–Crippen LogP) is 3.83. The van der Waals surface area contributed by atoms with Crippen molar-refractivity contribution in [3.05, 3.63) is 58.5 Å². The van der Waals surface area contributed by atoms with Crippen LogP contribution in [0.1, 0.15) is 24.5 Å². The van der Waals surface area contributed by atoms with Crippen LogP contribution >= 0.6 is 11.8 Å². The van der Waals surface area contributed by atoms with E-state index in [4.69, 9.17) is 4.74 Å². The number of nitrogens with one attached hydrogen (secondary N) is 1. The minimum absolute atomic E-state index is 0.151.